The molecule has 0 saturated heterocycles. The third-order valence-electron chi connectivity index (χ3n) is 15.9. The van der Waals surface area contributed by atoms with E-state index in [2.05, 4.69) is 93.7 Å². The number of allylic oxidation sites excluding steroid dienone is 12. The van der Waals surface area contributed by atoms with Crippen LogP contribution in [-0.2, 0) is 28.6 Å². The molecule has 0 amide bonds. The van der Waals surface area contributed by atoms with Crippen LogP contribution in [0.1, 0.15) is 374 Å². The molecule has 476 valence electrons. The number of carbonyl (C=O) groups is 3. The summed E-state index contributed by atoms with van der Waals surface area (Å²) < 4.78 is 17.0. The number of rotatable bonds is 66. The van der Waals surface area contributed by atoms with Crippen molar-refractivity contribution in [1.29, 1.82) is 0 Å². The molecule has 0 aliphatic rings. The van der Waals surface area contributed by atoms with Gasteiger partial charge in [-0.1, -0.05) is 331 Å². The fourth-order valence-electron chi connectivity index (χ4n) is 10.5. The quantitative estimate of drug-likeness (QED) is 0.0261. The van der Waals surface area contributed by atoms with Crippen LogP contribution >= 0.6 is 0 Å². The number of unbranched alkanes of at least 4 members (excludes halogenated alkanes) is 43. The van der Waals surface area contributed by atoms with Crippen LogP contribution in [0, 0.1) is 0 Å². The highest BCUT2D eigenvalue weighted by atomic mass is 16.6. The topological polar surface area (TPSA) is 78.9 Å². The highest BCUT2D eigenvalue weighted by Gasteiger charge is 2.19. The maximum atomic E-state index is 12.9. The molecule has 0 bridgehead atoms. The van der Waals surface area contributed by atoms with Crippen LogP contribution in [0.2, 0.25) is 0 Å². The SMILES string of the molecule is CCCCCCC/C=C\C/C=C\C/C=C\CCCCCCCCCCCCCCC(=O)OCC(COC(=O)CCCCCCCCCCCC)OC(=O)CCCCCCCCCCCCCC/C=C\C/C=C\C/C=C\CCCCCCC. The molecule has 6 nitrogen and oxygen atoms in total. The maximum absolute atomic E-state index is 12.9. The minimum atomic E-state index is -0.776. The predicted octanol–water partition coefficient (Wildman–Crippen LogP) is 24.8. The maximum Gasteiger partial charge on any atom is 0.306 e. The molecule has 0 N–H and O–H groups in total. The van der Waals surface area contributed by atoms with E-state index in [-0.39, 0.29) is 31.1 Å². The summed E-state index contributed by atoms with van der Waals surface area (Å²) in [4.78, 5) is 38.4. The lowest BCUT2D eigenvalue weighted by molar-refractivity contribution is -0.167. The van der Waals surface area contributed by atoms with Crippen LogP contribution < -0.4 is 0 Å². The third kappa shape index (κ3) is 67.6. The van der Waals surface area contributed by atoms with Gasteiger partial charge in [0.2, 0.25) is 0 Å². The van der Waals surface area contributed by atoms with Crippen LogP contribution in [0.5, 0.6) is 0 Å². The van der Waals surface area contributed by atoms with E-state index >= 15 is 0 Å². The summed E-state index contributed by atoms with van der Waals surface area (Å²) in [5, 5.41) is 0. The zero-order valence-corrected chi connectivity index (χ0v) is 54.8. The number of esters is 3. The first-order valence-electron chi connectivity index (χ1n) is 35.9. The summed E-state index contributed by atoms with van der Waals surface area (Å²) >= 11 is 0. The standard InChI is InChI=1S/C76H136O6/c1-4-7-10-13-16-19-22-24-26-28-30-32-34-36-38-40-42-44-46-48-50-52-54-57-60-63-66-69-75(78)81-72-73(71-80-74(77)68-65-62-59-56-21-18-15-12-9-6-3)82-76(79)70-67-64-61-58-55-53-51-49-47-45-43-41-39-37-35-33-31-29-27-25-23-20-17-14-11-8-5-2/h22-25,28-31,34-37,73H,4-21,26-27,32-33,38-72H2,1-3H3/b24-22-,25-23-,30-28-,31-29-,36-34-,37-35-. The Balaban J connectivity index is 4.19. The van der Waals surface area contributed by atoms with Crippen molar-refractivity contribution in [2.24, 2.45) is 0 Å². The van der Waals surface area contributed by atoms with Gasteiger partial charge in [-0.25, -0.2) is 0 Å². The number of carbonyl (C=O) groups excluding carboxylic acids is 3. The van der Waals surface area contributed by atoms with Gasteiger partial charge in [-0.15, -0.1) is 0 Å². The largest absolute Gasteiger partial charge is 0.462 e. The van der Waals surface area contributed by atoms with E-state index in [0.29, 0.717) is 19.3 Å². The highest BCUT2D eigenvalue weighted by Crippen LogP contribution is 2.18. The Morgan fingerprint density at radius 3 is 0.683 bits per heavy atom. The van der Waals surface area contributed by atoms with Gasteiger partial charge in [0, 0.05) is 19.3 Å². The first kappa shape index (κ1) is 78.8. The molecular formula is C76H136O6. The van der Waals surface area contributed by atoms with E-state index in [1.807, 2.05) is 0 Å². The fraction of sp³-hybridized carbons (Fsp3) is 0.803. The van der Waals surface area contributed by atoms with Crippen molar-refractivity contribution in [2.45, 2.75) is 380 Å². The normalized spacial score (nSPS) is 12.5. The number of hydrogen-bond donors (Lipinski definition) is 0. The lowest BCUT2D eigenvalue weighted by Crippen LogP contribution is -2.30. The zero-order valence-electron chi connectivity index (χ0n) is 54.8. The van der Waals surface area contributed by atoms with Crippen molar-refractivity contribution in [2.75, 3.05) is 13.2 Å². The molecule has 6 heteroatoms. The van der Waals surface area contributed by atoms with E-state index in [1.54, 1.807) is 0 Å². The van der Waals surface area contributed by atoms with Crippen LogP contribution in [0.25, 0.3) is 0 Å². The molecule has 0 heterocycles. The highest BCUT2D eigenvalue weighted by molar-refractivity contribution is 5.71. The smallest absolute Gasteiger partial charge is 0.306 e. The molecule has 0 aromatic carbocycles. The fourth-order valence-corrected chi connectivity index (χ4v) is 10.5. The third-order valence-corrected chi connectivity index (χ3v) is 15.9. The molecule has 0 rings (SSSR count). The van der Waals surface area contributed by atoms with Gasteiger partial charge in [-0.05, 0) is 96.3 Å². The predicted molar refractivity (Wildman–Crippen MR) is 358 cm³/mol. The van der Waals surface area contributed by atoms with Gasteiger partial charge in [0.1, 0.15) is 13.2 Å². The van der Waals surface area contributed by atoms with Crippen molar-refractivity contribution in [1.82, 2.24) is 0 Å². The molecule has 0 aromatic heterocycles. The van der Waals surface area contributed by atoms with E-state index in [9.17, 15) is 14.4 Å². The molecule has 0 saturated carbocycles. The van der Waals surface area contributed by atoms with Gasteiger partial charge in [-0.3, -0.25) is 14.4 Å². The minimum absolute atomic E-state index is 0.0726. The van der Waals surface area contributed by atoms with E-state index in [1.165, 1.54) is 250 Å². The summed E-state index contributed by atoms with van der Waals surface area (Å²) in [6.07, 6.45) is 92.2. The van der Waals surface area contributed by atoms with Crippen molar-refractivity contribution in [3.8, 4) is 0 Å². The van der Waals surface area contributed by atoms with Crippen LogP contribution in [0.4, 0.5) is 0 Å². The van der Waals surface area contributed by atoms with E-state index in [0.717, 1.165) is 83.5 Å². The van der Waals surface area contributed by atoms with Gasteiger partial charge in [-0.2, -0.15) is 0 Å². The monoisotopic (exact) mass is 1150 g/mol. The molecule has 0 aromatic rings. The number of hydrogen-bond acceptors (Lipinski definition) is 6. The Bertz CT molecular complexity index is 1500. The van der Waals surface area contributed by atoms with E-state index in [4.69, 9.17) is 14.2 Å². The molecule has 0 aliphatic heterocycles. The minimum Gasteiger partial charge on any atom is -0.462 e. The van der Waals surface area contributed by atoms with E-state index < -0.39 is 6.10 Å². The summed E-state index contributed by atoms with van der Waals surface area (Å²) in [7, 11) is 0. The second-order valence-corrected chi connectivity index (χ2v) is 24.1. The summed E-state index contributed by atoms with van der Waals surface area (Å²) in [5.74, 6) is -0.858. The van der Waals surface area contributed by atoms with Crippen molar-refractivity contribution >= 4 is 17.9 Å². The second-order valence-electron chi connectivity index (χ2n) is 24.1. The summed E-state index contributed by atoms with van der Waals surface area (Å²) in [5.41, 5.74) is 0. The lowest BCUT2D eigenvalue weighted by Gasteiger charge is -2.18. The van der Waals surface area contributed by atoms with Crippen molar-refractivity contribution in [3.05, 3.63) is 72.9 Å². The van der Waals surface area contributed by atoms with Crippen LogP contribution in [-0.4, -0.2) is 37.2 Å². The Morgan fingerprint density at radius 2 is 0.439 bits per heavy atom. The Labute approximate surface area is 510 Å². The molecule has 1 unspecified atom stereocenters. The number of ether oxygens (including phenoxy) is 3. The molecule has 0 fully saturated rings. The van der Waals surface area contributed by atoms with Gasteiger partial charge >= 0.3 is 17.9 Å². The first-order valence-corrected chi connectivity index (χ1v) is 35.9. The Hall–Kier alpha value is -3.15. The molecule has 0 radical (unpaired) electrons. The van der Waals surface area contributed by atoms with Gasteiger partial charge in [0.15, 0.2) is 6.10 Å². The lowest BCUT2D eigenvalue weighted by atomic mass is 10.0. The van der Waals surface area contributed by atoms with Crippen molar-refractivity contribution < 1.29 is 28.6 Å². The average Bonchev–Trinajstić information content (AvgIpc) is 3.48. The molecule has 82 heavy (non-hydrogen) atoms. The Morgan fingerprint density at radius 1 is 0.244 bits per heavy atom. The molecular weight excluding hydrogens is 1010 g/mol. The van der Waals surface area contributed by atoms with Gasteiger partial charge in [0.25, 0.3) is 0 Å². The van der Waals surface area contributed by atoms with Gasteiger partial charge < -0.3 is 14.2 Å². The van der Waals surface area contributed by atoms with Crippen LogP contribution in [0.3, 0.4) is 0 Å². The van der Waals surface area contributed by atoms with Crippen molar-refractivity contribution in [3.63, 3.8) is 0 Å². The zero-order chi connectivity index (χ0) is 59.2. The second kappa shape index (κ2) is 70.3. The average molecular weight is 1150 g/mol. The van der Waals surface area contributed by atoms with Gasteiger partial charge in [0.05, 0.1) is 0 Å². The Kier molecular flexibility index (Phi) is 67.6. The molecule has 0 aliphatic carbocycles. The first-order chi connectivity index (χ1) is 40.5. The van der Waals surface area contributed by atoms with Crippen LogP contribution in [0.15, 0.2) is 72.9 Å². The summed E-state index contributed by atoms with van der Waals surface area (Å²) in [6.45, 7) is 6.65. The summed E-state index contributed by atoms with van der Waals surface area (Å²) in [6, 6.07) is 0. The molecule has 0 spiro atoms. The molecule has 1 atom stereocenters.